The number of aromatic nitrogens is 4. The topological polar surface area (TPSA) is 62.1 Å². The molecule has 1 aromatic carbocycles. The molecule has 0 radical (unpaired) electrons. The highest BCUT2D eigenvalue weighted by Gasteiger charge is 2.17. The van der Waals surface area contributed by atoms with Gasteiger partial charge >= 0.3 is 0 Å². The molecule has 0 atom stereocenters. The fourth-order valence-corrected chi connectivity index (χ4v) is 2.81. The second-order valence-electron chi connectivity index (χ2n) is 3.98. The van der Waals surface area contributed by atoms with E-state index in [1.165, 1.54) is 11.8 Å². The molecule has 0 unspecified atom stereocenters. The van der Waals surface area contributed by atoms with Crippen LogP contribution in [0.2, 0.25) is 5.02 Å². The summed E-state index contributed by atoms with van der Waals surface area (Å²) in [5.74, 6) is 2.04. The van der Waals surface area contributed by atoms with Crippen molar-refractivity contribution < 1.29 is 9.47 Å². The number of nitrogens with zero attached hydrogens (tertiary/aromatic N) is 4. The highest BCUT2D eigenvalue weighted by molar-refractivity contribution is 7.98. The third kappa shape index (κ3) is 2.62. The Balaban J connectivity index is 1.78. The van der Waals surface area contributed by atoms with Crippen LogP contribution in [0.1, 0.15) is 5.56 Å². The smallest absolute Gasteiger partial charge is 0.209 e. The number of hydrogen-bond donors (Lipinski definition) is 0. The maximum atomic E-state index is 6.18. The highest BCUT2D eigenvalue weighted by atomic mass is 35.5. The summed E-state index contributed by atoms with van der Waals surface area (Å²) in [5.41, 5.74) is 1.04. The Hall–Kier alpha value is -1.47. The van der Waals surface area contributed by atoms with E-state index in [2.05, 4.69) is 15.5 Å². The van der Waals surface area contributed by atoms with E-state index in [4.69, 9.17) is 21.1 Å². The summed E-state index contributed by atoms with van der Waals surface area (Å²) in [4.78, 5) is 0. The van der Waals surface area contributed by atoms with Crippen molar-refractivity contribution in [1.82, 2.24) is 20.2 Å². The van der Waals surface area contributed by atoms with Gasteiger partial charge in [-0.1, -0.05) is 23.4 Å². The first-order valence-electron chi connectivity index (χ1n) is 5.67. The standard InChI is InChI=1S/C11H11ClN4O2S/c1-16-11(13-14-15-16)19-6-7-4-8(12)10-9(5-7)17-2-3-18-10/h4-5H,2-3,6H2,1H3. The molecule has 1 aromatic heterocycles. The van der Waals surface area contributed by atoms with Gasteiger partial charge in [0.15, 0.2) is 11.5 Å². The van der Waals surface area contributed by atoms with Gasteiger partial charge in [-0.05, 0) is 28.1 Å². The molecule has 0 spiro atoms. The third-order valence-electron chi connectivity index (χ3n) is 2.61. The number of tetrazole rings is 1. The van der Waals surface area contributed by atoms with Crippen LogP contribution in [0.25, 0.3) is 0 Å². The van der Waals surface area contributed by atoms with Gasteiger partial charge in [-0.25, -0.2) is 4.68 Å². The molecule has 0 amide bonds. The van der Waals surface area contributed by atoms with Gasteiger partial charge in [0.2, 0.25) is 5.16 Å². The normalized spacial score (nSPS) is 13.6. The van der Waals surface area contributed by atoms with Gasteiger partial charge in [0, 0.05) is 12.8 Å². The maximum Gasteiger partial charge on any atom is 0.209 e. The van der Waals surface area contributed by atoms with E-state index in [9.17, 15) is 0 Å². The number of fused-ring (bicyclic) bond motifs is 1. The molecule has 100 valence electrons. The first kappa shape index (κ1) is 12.6. The molecular weight excluding hydrogens is 288 g/mol. The van der Waals surface area contributed by atoms with Crippen LogP contribution in [0.3, 0.4) is 0 Å². The number of hydrogen-bond acceptors (Lipinski definition) is 6. The molecule has 2 aromatic rings. The van der Waals surface area contributed by atoms with Crippen molar-refractivity contribution in [2.24, 2.45) is 7.05 Å². The lowest BCUT2D eigenvalue weighted by atomic mass is 10.2. The number of thioether (sulfide) groups is 1. The van der Waals surface area contributed by atoms with Crippen LogP contribution >= 0.6 is 23.4 Å². The molecule has 8 heteroatoms. The lowest BCUT2D eigenvalue weighted by Gasteiger charge is -2.20. The monoisotopic (exact) mass is 298 g/mol. The fraction of sp³-hybridized carbons (Fsp3) is 0.364. The Bertz CT molecular complexity index is 604. The average Bonchev–Trinajstić information content (AvgIpc) is 2.82. The van der Waals surface area contributed by atoms with Crippen LogP contribution in [0.5, 0.6) is 11.5 Å². The van der Waals surface area contributed by atoms with Crippen LogP contribution in [0.15, 0.2) is 17.3 Å². The van der Waals surface area contributed by atoms with Gasteiger partial charge in [-0.15, -0.1) is 5.10 Å². The molecule has 19 heavy (non-hydrogen) atoms. The largest absolute Gasteiger partial charge is 0.486 e. The van der Waals surface area contributed by atoms with Crippen molar-refractivity contribution in [3.63, 3.8) is 0 Å². The van der Waals surface area contributed by atoms with E-state index in [0.29, 0.717) is 35.5 Å². The van der Waals surface area contributed by atoms with E-state index in [1.807, 2.05) is 12.1 Å². The fourth-order valence-electron chi connectivity index (χ4n) is 1.74. The third-order valence-corrected chi connectivity index (χ3v) is 3.97. The highest BCUT2D eigenvalue weighted by Crippen LogP contribution is 2.39. The van der Waals surface area contributed by atoms with Crippen molar-refractivity contribution in [3.8, 4) is 11.5 Å². The zero-order chi connectivity index (χ0) is 13.2. The van der Waals surface area contributed by atoms with Crippen molar-refractivity contribution in [3.05, 3.63) is 22.7 Å². The van der Waals surface area contributed by atoms with Crippen molar-refractivity contribution in [1.29, 1.82) is 0 Å². The van der Waals surface area contributed by atoms with Gasteiger partial charge < -0.3 is 9.47 Å². The van der Waals surface area contributed by atoms with E-state index >= 15 is 0 Å². The first-order chi connectivity index (χ1) is 9.24. The van der Waals surface area contributed by atoms with Crippen molar-refractivity contribution >= 4 is 23.4 Å². The minimum Gasteiger partial charge on any atom is -0.486 e. The Labute approximate surface area is 119 Å². The maximum absolute atomic E-state index is 6.18. The SMILES string of the molecule is Cn1nnnc1SCc1cc(Cl)c2c(c1)OCCO2. The number of halogens is 1. The molecule has 6 nitrogen and oxygen atoms in total. The number of rotatable bonds is 3. The lowest BCUT2D eigenvalue weighted by molar-refractivity contribution is 0.171. The molecule has 0 saturated carbocycles. The van der Waals surface area contributed by atoms with Crippen LogP contribution in [0.4, 0.5) is 0 Å². The zero-order valence-electron chi connectivity index (χ0n) is 10.2. The minimum absolute atomic E-state index is 0.533. The molecule has 0 fully saturated rings. The predicted octanol–water partition coefficient (Wildman–Crippen LogP) is 1.93. The molecule has 1 aliphatic rings. The van der Waals surface area contributed by atoms with Crippen LogP contribution in [-0.2, 0) is 12.8 Å². The average molecular weight is 299 g/mol. The quantitative estimate of drug-likeness (QED) is 0.807. The molecule has 1 aliphatic heterocycles. The Kier molecular flexibility index (Phi) is 3.48. The number of aryl methyl sites for hydroxylation is 1. The van der Waals surface area contributed by atoms with E-state index in [0.717, 1.165) is 10.7 Å². The van der Waals surface area contributed by atoms with Gasteiger partial charge in [0.1, 0.15) is 13.2 Å². The van der Waals surface area contributed by atoms with Crippen LogP contribution < -0.4 is 9.47 Å². The second-order valence-corrected chi connectivity index (χ2v) is 5.33. The Morgan fingerprint density at radius 2 is 2.21 bits per heavy atom. The molecule has 0 saturated heterocycles. The van der Waals surface area contributed by atoms with Gasteiger partial charge in [-0.2, -0.15) is 0 Å². The Morgan fingerprint density at radius 1 is 1.37 bits per heavy atom. The Morgan fingerprint density at radius 3 is 3.00 bits per heavy atom. The van der Waals surface area contributed by atoms with E-state index in [1.54, 1.807) is 11.7 Å². The summed E-state index contributed by atoms with van der Waals surface area (Å²) in [5, 5.41) is 12.6. The number of ether oxygens (including phenoxy) is 2. The molecular formula is C11H11ClN4O2S. The summed E-state index contributed by atoms with van der Waals surface area (Å²) in [6, 6.07) is 3.82. The number of benzene rings is 1. The van der Waals surface area contributed by atoms with Crippen LogP contribution in [-0.4, -0.2) is 33.4 Å². The van der Waals surface area contributed by atoms with Crippen molar-refractivity contribution in [2.75, 3.05) is 13.2 Å². The van der Waals surface area contributed by atoms with Gasteiger partial charge in [0.05, 0.1) is 5.02 Å². The summed E-state index contributed by atoms with van der Waals surface area (Å²) in [6.07, 6.45) is 0. The van der Waals surface area contributed by atoms with E-state index < -0.39 is 0 Å². The summed E-state index contributed by atoms with van der Waals surface area (Å²) in [6.45, 7) is 1.08. The lowest BCUT2D eigenvalue weighted by Crippen LogP contribution is -2.15. The van der Waals surface area contributed by atoms with Gasteiger partial charge in [0.25, 0.3) is 0 Å². The van der Waals surface area contributed by atoms with Crippen molar-refractivity contribution in [2.45, 2.75) is 10.9 Å². The molecule has 0 aliphatic carbocycles. The molecule has 3 rings (SSSR count). The van der Waals surface area contributed by atoms with E-state index in [-0.39, 0.29) is 0 Å². The predicted molar refractivity (Wildman–Crippen MR) is 70.8 cm³/mol. The van der Waals surface area contributed by atoms with Gasteiger partial charge in [-0.3, -0.25) is 0 Å². The first-order valence-corrected chi connectivity index (χ1v) is 7.03. The summed E-state index contributed by atoms with van der Waals surface area (Å²) >= 11 is 7.72. The summed E-state index contributed by atoms with van der Waals surface area (Å²) < 4.78 is 12.6. The molecule has 2 heterocycles. The molecule has 0 bridgehead atoms. The second kappa shape index (κ2) is 5.26. The summed E-state index contributed by atoms with van der Waals surface area (Å²) in [7, 11) is 1.80. The van der Waals surface area contributed by atoms with Crippen LogP contribution in [0, 0.1) is 0 Å². The minimum atomic E-state index is 0.533. The molecule has 0 N–H and O–H groups in total. The zero-order valence-corrected chi connectivity index (χ0v) is 11.7.